The Balaban J connectivity index is 1.71. The summed E-state index contributed by atoms with van der Waals surface area (Å²) < 4.78 is 5.39. The van der Waals surface area contributed by atoms with Gasteiger partial charge in [-0.2, -0.15) is 0 Å². The average Bonchev–Trinajstić information content (AvgIpc) is 2.93. The van der Waals surface area contributed by atoms with Crippen LogP contribution in [-0.4, -0.2) is 54.2 Å². The fourth-order valence-corrected chi connectivity index (χ4v) is 2.84. The first-order valence-electron chi connectivity index (χ1n) is 7.13. The van der Waals surface area contributed by atoms with Crippen LogP contribution in [0.15, 0.2) is 18.2 Å². The van der Waals surface area contributed by atoms with Crippen LogP contribution in [0.2, 0.25) is 0 Å². The number of amides is 1. The standard InChI is InChI=1S/C15H18N2O4/c18-14(19)8-12-9-17(5-6-21-12)15(20)11-1-2-13-10(7-11)3-4-16-13/h1-2,7,12,16H,3-6,8-9H2,(H,18,19). The maximum absolute atomic E-state index is 12.5. The van der Waals surface area contributed by atoms with E-state index in [-0.39, 0.29) is 12.3 Å². The van der Waals surface area contributed by atoms with Crippen LogP contribution < -0.4 is 5.32 Å². The number of aliphatic carboxylic acids is 1. The van der Waals surface area contributed by atoms with E-state index in [1.165, 1.54) is 0 Å². The van der Waals surface area contributed by atoms with Crippen molar-refractivity contribution in [2.24, 2.45) is 0 Å². The third-order valence-electron chi connectivity index (χ3n) is 3.89. The molecule has 1 amide bonds. The fraction of sp³-hybridized carbons (Fsp3) is 0.467. The molecule has 1 aromatic carbocycles. The average molecular weight is 290 g/mol. The van der Waals surface area contributed by atoms with E-state index in [0.29, 0.717) is 25.3 Å². The molecule has 0 aliphatic carbocycles. The van der Waals surface area contributed by atoms with Crippen molar-refractivity contribution in [3.05, 3.63) is 29.3 Å². The molecule has 21 heavy (non-hydrogen) atoms. The van der Waals surface area contributed by atoms with Gasteiger partial charge in [0.2, 0.25) is 0 Å². The molecule has 0 bridgehead atoms. The van der Waals surface area contributed by atoms with Crippen LogP contribution in [0.3, 0.4) is 0 Å². The van der Waals surface area contributed by atoms with Gasteiger partial charge in [0.25, 0.3) is 5.91 Å². The second-order valence-corrected chi connectivity index (χ2v) is 5.39. The molecule has 2 N–H and O–H groups in total. The van der Waals surface area contributed by atoms with Gasteiger partial charge in [-0.25, -0.2) is 0 Å². The first-order chi connectivity index (χ1) is 10.1. The van der Waals surface area contributed by atoms with Crippen molar-refractivity contribution in [2.45, 2.75) is 18.9 Å². The highest BCUT2D eigenvalue weighted by Gasteiger charge is 2.27. The Kier molecular flexibility index (Phi) is 3.79. The van der Waals surface area contributed by atoms with Crippen molar-refractivity contribution in [3.8, 4) is 0 Å². The molecule has 2 heterocycles. The first kappa shape index (κ1) is 13.9. The predicted molar refractivity (Wildman–Crippen MR) is 76.5 cm³/mol. The minimum absolute atomic E-state index is 0.0524. The molecule has 112 valence electrons. The number of carbonyl (C=O) groups excluding carboxylic acids is 1. The lowest BCUT2D eigenvalue weighted by atomic mass is 10.1. The van der Waals surface area contributed by atoms with E-state index in [4.69, 9.17) is 9.84 Å². The molecule has 1 aromatic rings. The molecule has 0 spiro atoms. The Labute approximate surface area is 122 Å². The number of carboxylic acids is 1. The monoisotopic (exact) mass is 290 g/mol. The van der Waals surface area contributed by atoms with Crippen LogP contribution in [0.25, 0.3) is 0 Å². The van der Waals surface area contributed by atoms with Crippen LogP contribution >= 0.6 is 0 Å². The molecule has 1 atom stereocenters. The number of carbonyl (C=O) groups is 2. The summed E-state index contributed by atoms with van der Waals surface area (Å²) in [4.78, 5) is 25.0. The molecule has 1 unspecified atom stereocenters. The number of rotatable bonds is 3. The van der Waals surface area contributed by atoms with E-state index < -0.39 is 12.1 Å². The van der Waals surface area contributed by atoms with Gasteiger partial charge < -0.3 is 20.1 Å². The molecule has 6 nitrogen and oxygen atoms in total. The summed E-state index contributed by atoms with van der Waals surface area (Å²) >= 11 is 0. The van der Waals surface area contributed by atoms with Gasteiger partial charge in [-0.05, 0) is 30.2 Å². The highest BCUT2D eigenvalue weighted by atomic mass is 16.5. The van der Waals surface area contributed by atoms with Crippen LogP contribution in [0.4, 0.5) is 5.69 Å². The number of hydrogen-bond donors (Lipinski definition) is 2. The Bertz CT molecular complexity index is 573. The number of fused-ring (bicyclic) bond motifs is 1. The summed E-state index contributed by atoms with van der Waals surface area (Å²) in [5.74, 6) is -0.957. The number of morpholine rings is 1. The van der Waals surface area contributed by atoms with Crippen molar-refractivity contribution < 1.29 is 19.4 Å². The molecule has 3 rings (SSSR count). The highest BCUT2D eigenvalue weighted by Crippen LogP contribution is 2.24. The van der Waals surface area contributed by atoms with E-state index in [9.17, 15) is 9.59 Å². The number of benzene rings is 1. The molecule has 0 saturated carbocycles. The minimum Gasteiger partial charge on any atom is -0.481 e. The van der Waals surface area contributed by atoms with E-state index >= 15 is 0 Å². The van der Waals surface area contributed by atoms with Crippen LogP contribution in [0.5, 0.6) is 0 Å². The number of hydrogen-bond acceptors (Lipinski definition) is 4. The summed E-state index contributed by atoms with van der Waals surface area (Å²) in [6.45, 7) is 2.13. The topological polar surface area (TPSA) is 78.9 Å². The number of nitrogens with zero attached hydrogens (tertiary/aromatic N) is 1. The van der Waals surface area contributed by atoms with Crippen molar-refractivity contribution in [1.29, 1.82) is 0 Å². The summed E-state index contributed by atoms with van der Waals surface area (Å²) in [5, 5.41) is 12.1. The van der Waals surface area contributed by atoms with E-state index in [1.54, 1.807) is 4.90 Å². The normalized spacial score (nSPS) is 20.8. The molecule has 1 saturated heterocycles. The van der Waals surface area contributed by atoms with Crippen molar-refractivity contribution in [1.82, 2.24) is 4.90 Å². The lowest BCUT2D eigenvalue weighted by molar-refractivity contribution is -0.141. The smallest absolute Gasteiger partial charge is 0.306 e. The number of anilines is 1. The number of ether oxygens (including phenoxy) is 1. The maximum Gasteiger partial charge on any atom is 0.306 e. The van der Waals surface area contributed by atoms with Crippen LogP contribution in [0.1, 0.15) is 22.3 Å². The van der Waals surface area contributed by atoms with Crippen LogP contribution in [-0.2, 0) is 16.0 Å². The van der Waals surface area contributed by atoms with Crippen LogP contribution in [0, 0.1) is 0 Å². The van der Waals surface area contributed by atoms with Crippen molar-refractivity contribution >= 4 is 17.6 Å². The molecule has 6 heteroatoms. The molecule has 1 fully saturated rings. The second kappa shape index (κ2) is 5.73. The van der Waals surface area contributed by atoms with Gasteiger partial charge in [-0.3, -0.25) is 9.59 Å². The Morgan fingerprint density at radius 1 is 1.43 bits per heavy atom. The Hall–Kier alpha value is -2.08. The van der Waals surface area contributed by atoms with E-state index in [0.717, 1.165) is 24.2 Å². The van der Waals surface area contributed by atoms with E-state index in [1.807, 2.05) is 18.2 Å². The zero-order valence-electron chi connectivity index (χ0n) is 11.7. The third kappa shape index (κ3) is 3.00. The van der Waals surface area contributed by atoms with Crippen molar-refractivity contribution in [3.63, 3.8) is 0 Å². The van der Waals surface area contributed by atoms with Gasteiger partial charge in [0.05, 0.1) is 19.1 Å². The summed E-state index contributed by atoms with van der Waals surface area (Å²) in [6.07, 6.45) is 0.440. The number of nitrogens with one attached hydrogen (secondary N) is 1. The van der Waals surface area contributed by atoms with Gasteiger partial charge in [0, 0.05) is 30.9 Å². The minimum atomic E-state index is -0.905. The predicted octanol–water partition coefficient (Wildman–Crippen LogP) is 0.970. The summed E-state index contributed by atoms with van der Waals surface area (Å²) in [5.41, 5.74) is 2.92. The van der Waals surface area contributed by atoms with Crippen molar-refractivity contribution in [2.75, 3.05) is 31.6 Å². The Morgan fingerprint density at radius 2 is 2.29 bits per heavy atom. The highest BCUT2D eigenvalue weighted by molar-refractivity contribution is 5.95. The summed E-state index contributed by atoms with van der Waals surface area (Å²) in [6, 6.07) is 5.69. The molecule has 0 aromatic heterocycles. The molecule has 0 radical (unpaired) electrons. The molecule has 2 aliphatic rings. The SMILES string of the molecule is O=C(O)CC1CN(C(=O)c2ccc3c(c2)CCN3)CCO1. The van der Waals surface area contributed by atoms with Gasteiger partial charge in [0.1, 0.15) is 0 Å². The lowest BCUT2D eigenvalue weighted by Gasteiger charge is -2.32. The quantitative estimate of drug-likeness (QED) is 0.867. The molecular weight excluding hydrogens is 272 g/mol. The van der Waals surface area contributed by atoms with Gasteiger partial charge in [-0.1, -0.05) is 0 Å². The maximum atomic E-state index is 12.5. The Morgan fingerprint density at radius 3 is 3.10 bits per heavy atom. The zero-order valence-corrected chi connectivity index (χ0v) is 11.7. The number of carboxylic acid groups (broad SMARTS) is 1. The lowest BCUT2D eigenvalue weighted by Crippen LogP contribution is -2.46. The molecular formula is C15H18N2O4. The zero-order chi connectivity index (χ0) is 14.8. The van der Waals surface area contributed by atoms with Gasteiger partial charge >= 0.3 is 5.97 Å². The summed E-state index contributed by atoms with van der Waals surface area (Å²) in [7, 11) is 0. The fourth-order valence-electron chi connectivity index (χ4n) is 2.84. The third-order valence-corrected chi connectivity index (χ3v) is 3.89. The van der Waals surface area contributed by atoms with E-state index in [2.05, 4.69) is 5.32 Å². The first-order valence-corrected chi connectivity index (χ1v) is 7.13. The second-order valence-electron chi connectivity index (χ2n) is 5.39. The van der Waals surface area contributed by atoms with Gasteiger partial charge in [0.15, 0.2) is 0 Å². The molecule has 2 aliphatic heterocycles. The van der Waals surface area contributed by atoms with Gasteiger partial charge in [-0.15, -0.1) is 0 Å². The largest absolute Gasteiger partial charge is 0.481 e.